The molecule has 11 heteroatoms. The van der Waals surface area contributed by atoms with Gasteiger partial charge in [-0.05, 0) is 68.7 Å². The van der Waals surface area contributed by atoms with Crippen molar-refractivity contribution in [2.75, 3.05) is 19.0 Å². The number of rotatable bonds is 15. The number of ketones is 1. The number of Topliss-reactive ketones (excluding diaryl/α,β-unsaturated/α-hetero) is 1. The first-order valence-corrected chi connectivity index (χ1v) is 16.3. The lowest BCUT2D eigenvalue weighted by atomic mass is 10.1. The molecular weight excluding hydrogens is 576 g/mol. The van der Waals surface area contributed by atoms with Crippen molar-refractivity contribution in [1.29, 1.82) is 0 Å². The van der Waals surface area contributed by atoms with E-state index in [1.807, 2.05) is 11.8 Å². The number of carbonyl (C=O) groups excluding carboxylic acids is 2. The van der Waals surface area contributed by atoms with Gasteiger partial charge in [-0.2, -0.15) is 8.42 Å². The van der Waals surface area contributed by atoms with Gasteiger partial charge in [0.15, 0.2) is 0 Å². The summed E-state index contributed by atoms with van der Waals surface area (Å²) in [5.41, 5.74) is 1.23. The monoisotopic (exact) mass is 616 g/mol. The van der Waals surface area contributed by atoms with Crippen molar-refractivity contribution in [3.63, 3.8) is 0 Å². The summed E-state index contributed by atoms with van der Waals surface area (Å²) >= 11 is 6.01. The second-order valence-corrected chi connectivity index (χ2v) is 13.3. The first-order valence-electron chi connectivity index (χ1n) is 14.3. The Hall–Kier alpha value is -3.24. The zero-order valence-electron chi connectivity index (χ0n) is 25.0. The molecule has 0 aliphatic rings. The first kappa shape index (κ1) is 33.3. The zero-order valence-corrected chi connectivity index (χ0v) is 26.6. The molecule has 1 amide bonds. The van der Waals surface area contributed by atoms with Crippen molar-refractivity contribution in [3.05, 3.63) is 77.6 Å². The van der Waals surface area contributed by atoms with Gasteiger partial charge < -0.3 is 13.9 Å². The number of halogens is 1. The van der Waals surface area contributed by atoms with E-state index in [0.29, 0.717) is 36.9 Å². The largest absolute Gasteiger partial charge is 0.442 e. The predicted molar refractivity (Wildman–Crippen MR) is 163 cm³/mol. The number of aryl methyl sites for hydroxylation is 1. The average Bonchev–Trinajstić information content (AvgIpc) is 3.48. The number of alkyl halides is 1. The molecule has 0 N–H and O–H groups in total. The molecule has 42 heavy (non-hydrogen) atoms. The van der Waals surface area contributed by atoms with Crippen LogP contribution >= 0.6 is 11.6 Å². The quantitative estimate of drug-likeness (QED) is 0.152. The third kappa shape index (κ3) is 9.13. The number of aromatic nitrogens is 2. The fraction of sp³-hybridized carbons (Fsp3) is 0.484. The maximum absolute atomic E-state index is 13.8. The van der Waals surface area contributed by atoms with Crippen LogP contribution in [0.15, 0.2) is 68.8 Å². The summed E-state index contributed by atoms with van der Waals surface area (Å²) in [6.07, 6.45) is 6.56. The summed E-state index contributed by atoms with van der Waals surface area (Å²) in [4.78, 5) is 33.3. The molecule has 0 fully saturated rings. The molecule has 0 saturated heterocycles. The van der Waals surface area contributed by atoms with E-state index >= 15 is 0 Å². The number of benzene rings is 1. The number of hydrogen-bond acceptors (Lipinski definition) is 6. The molecule has 0 spiro atoms. The fourth-order valence-electron chi connectivity index (χ4n) is 4.33. The Balaban J connectivity index is 2.18. The van der Waals surface area contributed by atoms with Crippen LogP contribution in [-0.4, -0.2) is 53.5 Å². The highest BCUT2D eigenvalue weighted by Crippen LogP contribution is 2.21. The number of carbonyl (C=O) groups is 2. The second kappa shape index (κ2) is 15.3. The minimum absolute atomic E-state index is 0.00233. The summed E-state index contributed by atoms with van der Waals surface area (Å²) in [7, 11) is -4.14. The van der Waals surface area contributed by atoms with E-state index in [4.69, 9.17) is 16.0 Å². The van der Waals surface area contributed by atoms with Crippen LogP contribution in [0.1, 0.15) is 86.0 Å². The van der Waals surface area contributed by atoms with E-state index in [2.05, 4.69) is 37.1 Å². The van der Waals surface area contributed by atoms with Crippen LogP contribution < -0.4 is 5.49 Å². The minimum Gasteiger partial charge on any atom is -0.442 e. The van der Waals surface area contributed by atoms with Gasteiger partial charge in [0.2, 0.25) is 5.78 Å². The Labute approximate surface area is 253 Å². The molecule has 9 nitrogen and oxygen atoms in total. The molecular formula is C31H41ClN4O5S. The molecule has 0 radical (unpaired) electrons. The Morgan fingerprint density at radius 3 is 2.19 bits per heavy atom. The van der Waals surface area contributed by atoms with Crippen LogP contribution in [0.2, 0.25) is 0 Å². The molecule has 3 rings (SSSR count). The van der Waals surface area contributed by atoms with Gasteiger partial charge in [-0.3, -0.25) is 9.59 Å². The van der Waals surface area contributed by atoms with E-state index in [0.717, 1.165) is 18.4 Å². The van der Waals surface area contributed by atoms with Crippen LogP contribution in [-0.2, 0) is 10.0 Å². The summed E-state index contributed by atoms with van der Waals surface area (Å²) in [5, 5.41) is 0. The first-order chi connectivity index (χ1) is 19.9. The smallest absolute Gasteiger partial charge is 0.284 e. The van der Waals surface area contributed by atoms with Crippen LogP contribution in [0, 0.1) is 18.8 Å². The van der Waals surface area contributed by atoms with Crippen LogP contribution in [0.4, 0.5) is 0 Å². The number of amides is 1. The average molecular weight is 617 g/mol. The summed E-state index contributed by atoms with van der Waals surface area (Å²) in [6.45, 7) is 11.5. The van der Waals surface area contributed by atoms with Crippen LogP contribution in [0.5, 0.6) is 0 Å². The Bertz CT molecular complexity index is 1480. The SMILES string of the molecule is Cc1ccc(S(=O)(=O)N=c2ccc(C(=O)N(CCC(C)C)CCC(C)C)cn2C(CCCCl)C(=O)c2ncco2)cc1. The van der Waals surface area contributed by atoms with Gasteiger partial charge in [-0.15, -0.1) is 16.0 Å². The fourth-order valence-corrected chi connectivity index (χ4v) is 5.47. The van der Waals surface area contributed by atoms with Gasteiger partial charge in [-0.25, -0.2) is 4.98 Å². The Kier molecular flexibility index (Phi) is 12.1. The van der Waals surface area contributed by atoms with Crippen molar-refractivity contribution in [2.24, 2.45) is 16.2 Å². The summed E-state index contributed by atoms with van der Waals surface area (Å²) in [5.74, 6) is 0.312. The molecule has 1 atom stereocenters. The van der Waals surface area contributed by atoms with Gasteiger partial charge in [0.1, 0.15) is 17.8 Å². The second-order valence-electron chi connectivity index (χ2n) is 11.3. The van der Waals surface area contributed by atoms with Gasteiger partial charge in [-0.1, -0.05) is 45.4 Å². The van der Waals surface area contributed by atoms with E-state index < -0.39 is 21.8 Å². The summed E-state index contributed by atoms with van der Waals surface area (Å²) < 4.78 is 37.5. The number of nitrogens with zero attached hydrogens (tertiary/aromatic N) is 4. The number of hydrogen-bond donors (Lipinski definition) is 0. The van der Waals surface area contributed by atoms with Crippen molar-refractivity contribution in [2.45, 2.75) is 71.2 Å². The molecule has 228 valence electrons. The van der Waals surface area contributed by atoms with E-state index in [-0.39, 0.29) is 34.5 Å². The van der Waals surface area contributed by atoms with Gasteiger partial charge in [0.05, 0.1) is 16.7 Å². The third-order valence-corrected chi connectivity index (χ3v) is 8.43. The van der Waals surface area contributed by atoms with Crippen LogP contribution in [0.25, 0.3) is 0 Å². The predicted octanol–water partition coefficient (Wildman–Crippen LogP) is 6.05. The van der Waals surface area contributed by atoms with Gasteiger partial charge in [0.25, 0.3) is 21.8 Å². The van der Waals surface area contributed by atoms with Crippen molar-refractivity contribution < 1.29 is 22.4 Å². The molecule has 1 aromatic carbocycles. The van der Waals surface area contributed by atoms with Crippen molar-refractivity contribution in [1.82, 2.24) is 14.5 Å². The van der Waals surface area contributed by atoms with E-state index in [9.17, 15) is 18.0 Å². The molecule has 0 aliphatic carbocycles. The maximum atomic E-state index is 13.8. The molecule has 3 aromatic rings. The molecule has 0 bridgehead atoms. The third-order valence-electron chi connectivity index (χ3n) is 6.87. The Morgan fingerprint density at radius 2 is 1.64 bits per heavy atom. The van der Waals surface area contributed by atoms with Crippen LogP contribution in [0.3, 0.4) is 0 Å². The maximum Gasteiger partial charge on any atom is 0.284 e. The van der Waals surface area contributed by atoms with E-state index in [1.165, 1.54) is 41.4 Å². The van der Waals surface area contributed by atoms with E-state index in [1.54, 1.807) is 18.2 Å². The zero-order chi connectivity index (χ0) is 30.9. The minimum atomic E-state index is -4.14. The molecule has 1 unspecified atom stereocenters. The lowest BCUT2D eigenvalue weighted by molar-refractivity contribution is 0.0737. The highest BCUT2D eigenvalue weighted by atomic mass is 35.5. The summed E-state index contributed by atoms with van der Waals surface area (Å²) in [6, 6.07) is 8.43. The van der Waals surface area contributed by atoms with Crippen molar-refractivity contribution >= 4 is 33.3 Å². The lowest BCUT2D eigenvalue weighted by Gasteiger charge is -2.26. The highest BCUT2D eigenvalue weighted by Gasteiger charge is 2.27. The molecule has 0 aliphatic heterocycles. The number of pyridine rings is 1. The lowest BCUT2D eigenvalue weighted by Crippen LogP contribution is -2.36. The van der Waals surface area contributed by atoms with Gasteiger partial charge in [0, 0.05) is 25.2 Å². The normalized spacial score (nSPS) is 13.1. The van der Waals surface area contributed by atoms with Crippen molar-refractivity contribution in [3.8, 4) is 0 Å². The Morgan fingerprint density at radius 1 is 1.00 bits per heavy atom. The molecule has 0 saturated carbocycles. The standard InChI is InChI=1S/C31H41ClN4O5S/c1-22(2)14-18-35(19-15-23(3)4)31(38)25-10-13-28(34-42(39,40)26-11-8-24(5)9-12-26)36(21-25)27(7-6-16-32)29(37)30-33-17-20-41-30/h8-13,17,20-23,27H,6-7,14-16,18-19H2,1-5H3. The number of oxazole rings is 1. The molecule has 2 heterocycles. The van der Waals surface area contributed by atoms with Gasteiger partial charge >= 0.3 is 0 Å². The topological polar surface area (TPSA) is 115 Å². The number of sulfonamides is 1. The highest BCUT2D eigenvalue weighted by molar-refractivity contribution is 7.90. The molecule has 2 aromatic heterocycles.